The average molecular weight is 382 g/mol. The molecule has 1 amide bonds. The lowest BCUT2D eigenvalue weighted by molar-refractivity contribution is -0.121. The van der Waals surface area contributed by atoms with Gasteiger partial charge in [-0.05, 0) is 30.5 Å². The number of nitrogens with zero attached hydrogens (tertiary/aromatic N) is 5. The van der Waals surface area contributed by atoms with Gasteiger partial charge in [-0.1, -0.05) is 25.0 Å². The van der Waals surface area contributed by atoms with Crippen molar-refractivity contribution in [3.8, 4) is 0 Å². The SMILES string of the molecule is O=C(Cn1ncc2c(N3CCCCCC3)ncnc21)NCc1ccc(F)cc1. The fourth-order valence-corrected chi connectivity index (χ4v) is 3.53. The van der Waals surface area contributed by atoms with Gasteiger partial charge in [0.15, 0.2) is 5.65 Å². The average Bonchev–Trinajstić information content (AvgIpc) is 2.93. The number of benzene rings is 1. The Kier molecular flexibility index (Phi) is 5.45. The summed E-state index contributed by atoms with van der Waals surface area (Å²) in [5.41, 5.74) is 1.50. The van der Waals surface area contributed by atoms with Crippen molar-refractivity contribution in [1.29, 1.82) is 0 Å². The highest BCUT2D eigenvalue weighted by Gasteiger charge is 2.17. The zero-order valence-corrected chi connectivity index (χ0v) is 15.6. The van der Waals surface area contributed by atoms with Crippen LogP contribution in [-0.4, -0.2) is 38.7 Å². The van der Waals surface area contributed by atoms with Crippen LogP contribution in [0.25, 0.3) is 11.0 Å². The summed E-state index contributed by atoms with van der Waals surface area (Å²) in [6, 6.07) is 6.06. The van der Waals surface area contributed by atoms with E-state index in [9.17, 15) is 9.18 Å². The summed E-state index contributed by atoms with van der Waals surface area (Å²) in [5, 5.41) is 8.06. The molecule has 3 aromatic rings. The van der Waals surface area contributed by atoms with E-state index in [1.54, 1.807) is 23.0 Å². The van der Waals surface area contributed by atoms with Gasteiger partial charge in [0, 0.05) is 19.6 Å². The molecule has 1 aliphatic rings. The predicted octanol–water partition coefficient (Wildman–Crippen LogP) is 2.66. The number of fused-ring (bicyclic) bond motifs is 1. The number of amides is 1. The van der Waals surface area contributed by atoms with Crippen LogP contribution in [0, 0.1) is 5.82 Å². The van der Waals surface area contributed by atoms with Crippen molar-refractivity contribution in [2.45, 2.75) is 38.8 Å². The first-order valence-corrected chi connectivity index (χ1v) is 9.63. The third-order valence-corrected chi connectivity index (χ3v) is 5.01. The molecular formula is C20H23FN6O. The largest absolute Gasteiger partial charge is 0.356 e. The van der Waals surface area contributed by atoms with Crippen LogP contribution >= 0.6 is 0 Å². The van der Waals surface area contributed by atoms with Crippen LogP contribution in [0.4, 0.5) is 10.2 Å². The Morgan fingerprint density at radius 2 is 1.82 bits per heavy atom. The third kappa shape index (κ3) is 4.11. The molecule has 7 nitrogen and oxygen atoms in total. The molecule has 3 heterocycles. The molecular weight excluding hydrogens is 359 g/mol. The zero-order valence-electron chi connectivity index (χ0n) is 15.6. The Morgan fingerprint density at radius 1 is 1.07 bits per heavy atom. The Labute approximate surface area is 162 Å². The van der Waals surface area contributed by atoms with E-state index < -0.39 is 0 Å². The van der Waals surface area contributed by atoms with E-state index in [-0.39, 0.29) is 18.3 Å². The molecule has 1 aromatic carbocycles. The van der Waals surface area contributed by atoms with Gasteiger partial charge in [0.2, 0.25) is 5.91 Å². The first-order chi connectivity index (χ1) is 13.7. The molecule has 0 radical (unpaired) electrons. The summed E-state index contributed by atoms with van der Waals surface area (Å²) in [6.45, 7) is 2.37. The maximum absolute atomic E-state index is 13.0. The maximum Gasteiger partial charge on any atom is 0.242 e. The smallest absolute Gasteiger partial charge is 0.242 e. The van der Waals surface area contributed by atoms with E-state index in [0.29, 0.717) is 12.2 Å². The zero-order chi connectivity index (χ0) is 19.3. The molecule has 0 atom stereocenters. The lowest BCUT2D eigenvalue weighted by atomic mass is 10.2. The molecule has 1 aliphatic heterocycles. The van der Waals surface area contributed by atoms with Crippen molar-refractivity contribution in [2.24, 2.45) is 0 Å². The lowest BCUT2D eigenvalue weighted by Gasteiger charge is -2.21. The standard InChI is InChI=1S/C20H23FN6O/c21-16-7-5-15(6-8-16)11-22-18(28)13-27-20-17(12-25-27)19(23-14-24-20)26-9-3-1-2-4-10-26/h5-8,12,14H,1-4,9-11,13H2,(H,22,28). The van der Waals surface area contributed by atoms with Crippen LogP contribution in [-0.2, 0) is 17.9 Å². The van der Waals surface area contributed by atoms with Crippen molar-refractivity contribution < 1.29 is 9.18 Å². The minimum atomic E-state index is -0.294. The molecule has 0 saturated carbocycles. The summed E-state index contributed by atoms with van der Waals surface area (Å²) >= 11 is 0. The summed E-state index contributed by atoms with van der Waals surface area (Å²) < 4.78 is 14.6. The molecule has 4 rings (SSSR count). The Bertz CT molecular complexity index is 947. The van der Waals surface area contributed by atoms with Gasteiger partial charge < -0.3 is 10.2 Å². The summed E-state index contributed by atoms with van der Waals surface area (Å²) in [5.74, 6) is 0.423. The van der Waals surface area contributed by atoms with Gasteiger partial charge in [0.1, 0.15) is 24.5 Å². The van der Waals surface area contributed by atoms with Gasteiger partial charge in [-0.25, -0.2) is 19.0 Å². The molecule has 1 fully saturated rings. The van der Waals surface area contributed by atoms with Crippen LogP contribution < -0.4 is 10.2 Å². The fraction of sp³-hybridized carbons (Fsp3) is 0.400. The third-order valence-electron chi connectivity index (χ3n) is 5.01. The van der Waals surface area contributed by atoms with Gasteiger partial charge >= 0.3 is 0 Å². The first kappa shape index (κ1) is 18.3. The lowest BCUT2D eigenvalue weighted by Crippen LogP contribution is -2.27. The number of aromatic nitrogens is 4. The number of anilines is 1. The second-order valence-corrected chi connectivity index (χ2v) is 7.04. The van der Waals surface area contributed by atoms with E-state index in [1.807, 2.05) is 0 Å². The maximum atomic E-state index is 13.0. The van der Waals surface area contributed by atoms with Gasteiger partial charge in [0.05, 0.1) is 11.6 Å². The Balaban J connectivity index is 1.46. The van der Waals surface area contributed by atoms with Crippen LogP contribution in [0.3, 0.4) is 0 Å². The number of carbonyl (C=O) groups is 1. The monoisotopic (exact) mass is 382 g/mol. The molecule has 0 aliphatic carbocycles. The highest BCUT2D eigenvalue weighted by atomic mass is 19.1. The predicted molar refractivity (Wildman–Crippen MR) is 104 cm³/mol. The van der Waals surface area contributed by atoms with Crippen LogP contribution in [0.1, 0.15) is 31.2 Å². The number of carbonyl (C=O) groups excluding carboxylic acids is 1. The highest BCUT2D eigenvalue weighted by Crippen LogP contribution is 2.25. The Hall–Kier alpha value is -3.03. The van der Waals surface area contributed by atoms with E-state index in [2.05, 4.69) is 25.3 Å². The number of hydrogen-bond donors (Lipinski definition) is 1. The summed E-state index contributed by atoms with van der Waals surface area (Å²) in [4.78, 5) is 23.4. The molecule has 1 saturated heterocycles. The second-order valence-electron chi connectivity index (χ2n) is 7.04. The van der Waals surface area contributed by atoms with Gasteiger partial charge in [0.25, 0.3) is 0 Å². The molecule has 28 heavy (non-hydrogen) atoms. The second kappa shape index (κ2) is 8.33. The van der Waals surface area contributed by atoms with E-state index in [1.165, 1.54) is 31.3 Å². The summed E-state index contributed by atoms with van der Waals surface area (Å²) in [7, 11) is 0. The Morgan fingerprint density at radius 3 is 2.57 bits per heavy atom. The minimum Gasteiger partial charge on any atom is -0.356 e. The van der Waals surface area contributed by atoms with Crippen molar-refractivity contribution in [3.05, 3.63) is 48.2 Å². The van der Waals surface area contributed by atoms with Crippen molar-refractivity contribution >= 4 is 22.8 Å². The van der Waals surface area contributed by atoms with Crippen LogP contribution in [0.5, 0.6) is 0 Å². The van der Waals surface area contributed by atoms with Gasteiger partial charge in [-0.15, -0.1) is 0 Å². The molecule has 0 unspecified atom stereocenters. The van der Waals surface area contributed by atoms with E-state index >= 15 is 0 Å². The molecule has 0 spiro atoms. The van der Waals surface area contributed by atoms with Crippen molar-refractivity contribution in [2.75, 3.05) is 18.0 Å². The molecule has 2 aromatic heterocycles. The number of hydrogen-bond acceptors (Lipinski definition) is 5. The number of rotatable bonds is 5. The molecule has 146 valence electrons. The first-order valence-electron chi connectivity index (χ1n) is 9.63. The van der Waals surface area contributed by atoms with Crippen LogP contribution in [0.15, 0.2) is 36.8 Å². The van der Waals surface area contributed by atoms with Gasteiger partial charge in [-0.2, -0.15) is 5.10 Å². The van der Waals surface area contributed by atoms with Gasteiger partial charge in [-0.3, -0.25) is 4.79 Å². The number of nitrogens with one attached hydrogen (secondary N) is 1. The summed E-state index contributed by atoms with van der Waals surface area (Å²) in [6.07, 6.45) is 8.09. The molecule has 1 N–H and O–H groups in total. The van der Waals surface area contributed by atoms with E-state index in [0.717, 1.165) is 42.7 Å². The number of halogens is 1. The van der Waals surface area contributed by atoms with Crippen molar-refractivity contribution in [1.82, 2.24) is 25.1 Å². The van der Waals surface area contributed by atoms with Crippen LogP contribution in [0.2, 0.25) is 0 Å². The highest BCUT2D eigenvalue weighted by molar-refractivity contribution is 5.87. The van der Waals surface area contributed by atoms with E-state index in [4.69, 9.17) is 0 Å². The molecule has 8 heteroatoms. The fourth-order valence-electron chi connectivity index (χ4n) is 3.53. The minimum absolute atomic E-state index is 0.0706. The normalized spacial score (nSPS) is 14.8. The quantitative estimate of drug-likeness (QED) is 0.734. The topological polar surface area (TPSA) is 75.9 Å². The van der Waals surface area contributed by atoms with Crippen molar-refractivity contribution in [3.63, 3.8) is 0 Å². The molecule has 0 bridgehead atoms.